The third kappa shape index (κ3) is 2.59. The summed E-state index contributed by atoms with van der Waals surface area (Å²) in [5, 5.41) is 0. The Morgan fingerprint density at radius 2 is 2.00 bits per heavy atom. The van der Waals surface area contributed by atoms with Crippen LogP contribution in [0, 0.1) is 5.92 Å². The van der Waals surface area contributed by atoms with Gasteiger partial charge in [0.2, 0.25) is 0 Å². The summed E-state index contributed by atoms with van der Waals surface area (Å²) in [5.41, 5.74) is 3.17. The quantitative estimate of drug-likeness (QED) is 0.451. The Hall–Kier alpha value is -1.03. The van der Waals surface area contributed by atoms with Crippen LogP contribution in [0.3, 0.4) is 0 Å². The molecule has 1 aliphatic heterocycles. The molecule has 3 nitrogen and oxygen atoms in total. The molecular weight excluding hydrogens is 330 g/mol. The number of methoxy groups -OCH3 is 1. The number of likely N-dealkylation sites (N-methyl/N-ethyl adjacent to an activating group) is 1. The molecule has 1 aliphatic carbocycles. The number of carbonyl (C=O) groups excluding carboxylic acids is 1. The Labute approximate surface area is 134 Å². The number of hydrogen-bond acceptors (Lipinski definition) is 3. The maximum atomic E-state index is 11.7. The van der Waals surface area contributed by atoms with Crippen molar-refractivity contribution < 1.29 is 9.53 Å². The van der Waals surface area contributed by atoms with Crippen LogP contribution in [0.4, 0.5) is 5.69 Å². The van der Waals surface area contributed by atoms with Crippen LogP contribution in [0.1, 0.15) is 53.9 Å². The first-order valence-electron chi connectivity index (χ1n) is 7.72. The van der Waals surface area contributed by atoms with Crippen LogP contribution in [-0.2, 0) is 4.74 Å². The zero-order valence-corrected chi connectivity index (χ0v) is 14.2. The van der Waals surface area contributed by atoms with Crippen molar-refractivity contribution in [3.05, 3.63) is 29.3 Å². The molecule has 1 aromatic carbocycles. The Morgan fingerprint density at radius 3 is 2.67 bits per heavy atom. The minimum atomic E-state index is -0.265. The second-order valence-electron chi connectivity index (χ2n) is 6.17. The van der Waals surface area contributed by atoms with E-state index in [-0.39, 0.29) is 5.97 Å². The molecular formula is C17H22BrNO2. The molecule has 0 radical (unpaired) electrons. The minimum absolute atomic E-state index is 0.265. The summed E-state index contributed by atoms with van der Waals surface area (Å²) >= 11 is 3.87. The highest BCUT2D eigenvalue weighted by Gasteiger charge is 2.40. The smallest absolute Gasteiger partial charge is 0.337 e. The lowest BCUT2D eigenvalue weighted by Crippen LogP contribution is -2.29. The number of ether oxygens (including phenoxy) is 1. The van der Waals surface area contributed by atoms with Gasteiger partial charge in [0.25, 0.3) is 0 Å². The number of alkyl halides is 1. The number of halogens is 1. The van der Waals surface area contributed by atoms with E-state index < -0.39 is 0 Å². The molecule has 0 aromatic heterocycles. The van der Waals surface area contributed by atoms with Crippen molar-refractivity contribution in [3.63, 3.8) is 0 Å². The molecule has 1 saturated carbocycles. The molecule has 4 heteroatoms. The van der Waals surface area contributed by atoms with Gasteiger partial charge in [-0.2, -0.15) is 0 Å². The summed E-state index contributed by atoms with van der Waals surface area (Å²) in [7, 11) is 3.53. The number of benzene rings is 1. The average molecular weight is 352 g/mol. The van der Waals surface area contributed by atoms with Crippen LogP contribution >= 0.6 is 15.9 Å². The van der Waals surface area contributed by atoms with E-state index in [1.807, 2.05) is 12.1 Å². The highest BCUT2D eigenvalue weighted by molar-refractivity contribution is 9.09. The number of nitrogens with zero attached hydrogens (tertiary/aromatic N) is 1. The molecule has 0 spiro atoms. The van der Waals surface area contributed by atoms with E-state index in [0.29, 0.717) is 16.4 Å². The van der Waals surface area contributed by atoms with Crippen molar-refractivity contribution in [1.82, 2.24) is 0 Å². The van der Waals surface area contributed by atoms with Crippen LogP contribution in [0.15, 0.2) is 18.2 Å². The molecule has 0 N–H and O–H groups in total. The Balaban J connectivity index is 1.95. The second-order valence-corrected chi connectivity index (χ2v) is 7.11. The molecule has 1 fully saturated rings. The Kier molecular flexibility index (Phi) is 4.25. The van der Waals surface area contributed by atoms with E-state index in [2.05, 4.69) is 33.9 Å². The molecule has 2 unspecified atom stereocenters. The van der Waals surface area contributed by atoms with Crippen LogP contribution < -0.4 is 4.90 Å². The number of carbonyl (C=O) groups is 1. The van der Waals surface area contributed by atoms with Gasteiger partial charge in [0.1, 0.15) is 0 Å². The minimum Gasteiger partial charge on any atom is -0.465 e. The molecule has 3 rings (SSSR count). The fourth-order valence-electron chi connectivity index (χ4n) is 3.87. The lowest BCUT2D eigenvalue weighted by Gasteiger charge is -2.31. The number of rotatable bonds is 2. The average Bonchev–Trinajstić information content (AvgIpc) is 2.78. The second kappa shape index (κ2) is 5.99. The highest BCUT2D eigenvalue weighted by Crippen LogP contribution is 2.50. The standard InChI is InChI=1S/C17H22BrNO2/c1-19-14-10-12(17(20)21-2)8-9-13(14)15(16(19)18)11-6-4-3-5-7-11/h8-11,15-16H,3-7H2,1-2H3. The highest BCUT2D eigenvalue weighted by atomic mass is 79.9. The third-order valence-corrected chi connectivity index (χ3v) is 6.20. The van der Waals surface area contributed by atoms with E-state index in [1.165, 1.54) is 44.8 Å². The van der Waals surface area contributed by atoms with Crippen molar-refractivity contribution >= 4 is 27.6 Å². The van der Waals surface area contributed by atoms with Crippen LogP contribution in [0.2, 0.25) is 0 Å². The molecule has 2 aliphatic rings. The van der Waals surface area contributed by atoms with E-state index in [4.69, 9.17) is 4.74 Å². The van der Waals surface area contributed by atoms with Gasteiger partial charge in [-0.1, -0.05) is 41.3 Å². The first-order chi connectivity index (χ1) is 10.1. The van der Waals surface area contributed by atoms with Gasteiger partial charge in [-0.3, -0.25) is 0 Å². The van der Waals surface area contributed by atoms with Crippen molar-refractivity contribution in [2.24, 2.45) is 5.92 Å². The summed E-state index contributed by atoms with van der Waals surface area (Å²) < 4.78 is 4.83. The molecule has 0 saturated heterocycles. The first kappa shape index (κ1) is 14.9. The molecule has 0 amide bonds. The third-order valence-electron chi connectivity index (χ3n) is 5.01. The van der Waals surface area contributed by atoms with Crippen molar-refractivity contribution in [1.29, 1.82) is 0 Å². The van der Waals surface area contributed by atoms with Crippen molar-refractivity contribution in [2.45, 2.75) is 43.0 Å². The number of esters is 1. The Bertz CT molecular complexity index is 540. The van der Waals surface area contributed by atoms with Crippen LogP contribution in [0.5, 0.6) is 0 Å². The maximum Gasteiger partial charge on any atom is 0.337 e. The lowest BCUT2D eigenvalue weighted by molar-refractivity contribution is 0.0601. The summed E-state index contributed by atoms with van der Waals surface area (Å²) in [4.78, 5) is 14.3. The maximum absolute atomic E-state index is 11.7. The SMILES string of the molecule is COC(=O)c1ccc2c(c1)N(C)C(Br)C2C1CCCCC1. The number of fused-ring (bicyclic) bond motifs is 1. The number of anilines is 1. The van der Waals surface area contributed by atoms with Gasteiger partial charge >= 0.3 is 5.97 Å². The van der Waals surface area contributed by atoms with E-state index in [1.54, 1.807) is 0 Å². The number of hydrogen-bond donors (Lipinski definition) is 0. The lowest BCUT2D eigenvalue weighted by atomic mass is 9.77. The monoisotopic (exact) mass is 351 g/mol. The van der Waals surface area contributed by atoms with Gasteiger partial charge in [0.15, 0.2) is 0 Å². The summed E-state index contributed by atoms with van der Waals surface area (Å²) in [6, 6.07) is 6.00. The summed E-state index contributed by atoms with van der Waals surface area (Å²) in [6.45, 7) is 0. The van der Waals surface area contributed by atoms with E-state index >= 15 is 0 Å². The van der Waals surface area contributed by atoms with Gasteiger partial charge in [-0.15, -0.1) is 0 Å². The van der Waals surface area contributed by atoms with E-state index in [9.17, 15) is 4.79 Å². The Morgan fingerprint density at radius 1 is 1.29 bits per heavy atom. The molecule has 114 valence electrons. The van der Waals surface area contributed by atoms with Crippen molar-refractivity contribution in [3.8, 4) is 0 Å². The van der Waals surface area contributed by atoms with Gasteiger partial charge in [-0.25, -0.2) is 4.79 Å². The van der Waals surface area contributed by atoms with Crippen LogP contribution in [0.25, 0.3) is 0 Å². The predicted octanol–water partition coefficient (Wildman–Crippen LogP) is 4.31. The first-order valence-corrected chi connectivity index (χ1v) is 8.64. The molecule has 2 atom stereocenters. The van der Waals surface area contributed by atoms with Crippen LogP contribution in [-0.4, -0.2) is 25.1 Å². The summed E-state index contributed by atoms with van der Waals surface area (Å²) in [5.74, 6) is 1.01. The molecule has 1 aromatic rings. The van der Waals surface area contributed by atoms with Gasteiger partial charge in [0.05, 0.1) is 17.6 Å². The van der Waals surface area contributed by atoms with E-state index in [0.717, 1.165) is 11.6 Å². The summed E-state index contributed by atoms with van der Waals surface area (Å²) in [6.07, 6.45) is 6.71. The fraction of sp³-hybridized carbons (Fsp3) is 0.588. The zero-order chi connectivity index (χ0) is 15.0. The van der Waals surface area contributed by atoms with Gasteiger partial charge in [-0.05, 0) is 36.5 Å². The molecule has 1 heterocycles. The molecule has 0 bridgehead atoms. The molecule has 21 heavy (non-hydrogen) atoms. The zero-order valence-electron chi connectivity index (χ0n) is 12.6. The normalized spacial score (nSPS) is 25.8. The van der Waals surface area contributed by atoms with Crippen molar-refractivity contribution in [2.75, 3.05) is 19.1 Å². The topological polar surface area (TPSA) is 29.5 Å². The fourth-order valence-corrected chi connectivity index (χ4v) is 4.81. The largest absolute Gasteiger partial charge is 0.465 e. The van der Waals surface area contributed by atoms with Gasteiger partial charge < -0.3 is 9.64 Å². The van der Waals surface area contributed by atoms with Gasteiger partial charge in [0, 0.05) is 18.7 Å². The predicted molar refractivity (Wildman–Crippen MR) is 88.2 cm³/mol.